The Hall–Kier alpha value is -1.68. The lowest BCUT2D eigenvalue weighted by molar-refractivity contribution is 0.261. The number of rotatable bonds is 5. The first-order valence-electron chi connectivity index (χ1n) is 5.27. The highest BCUT2D eigenvalue weighted by molar-refractivity contribution is 7.96. The zero-order valence-corrected chi connectivity index (χ0v) is 10.5. The van der Waals surface area contributed by atoms with Crippen molar-refractivity contribution < 1.29 is 4.79 Å². The third-order valence-corrected chi connectivity index (χ3v) is 2.44. The van der Waals surface area contributed by atoms with Crippen LogP contribution in [0.2, 0.25) is 0 Å². The number of amides is 1. The number of hydrogen-bond donors (Lipinski definition) is 3. The normalized spacial score (nSPS) is 12.5. The van der Waals surface area contributed by atoms with Gasteiger partial charge < -0.3 is 10.3 Å². The first kappa shape index (κ1) is 13.4. The molecule has 2 N–H and O–H groups in total. The lowest BCUT2D eigenvalue weighted by Crippen LogP contribution is -2.27. The minimum absolute atomic E-state index is 0.312. The highest BCUT2D eigenvalue weighted by atomic mass is 32.1. The van der Waals surface area contributed by atoms with Crippen molar-refractivity contribution in [2.45, 2.75) is 6.42 Å². The maximum Gasteiger partial charge on any atom is 0.275 e. The molecule has 0 unspecified atom stereocenters. The Morgan fingerprint density at radius 1 is 1.41 bits per heavy atom. The number of hydrogen-bond acceptors (Lipinski definition) is 1. The number of thiol groups is 1. The highest BCUT2D eigenvalue weighted by Crippen LogP contribution is 1.89. The van der Waals surface area contributed by atoms with Gasteiger partial charge in [0.25, 0.3) is 5.24 Å². The summed E-state index contributed by atoms with van der Waals surface area (Å²) >= 11 is 3.65. The molecule has 4 heteroatoms. The molecule has 0 atom stereocenters. The Morgan fingerprint density at radius 2 is 2.12 bits per heavy atom. The van der Waals surface area contributed by atoms with E-state index < -0.39 is 0 Å². The molecule has 1 rings (SSSR count). The topological polar surface area (TPSA) is 44.9 Å². The Morgan fingerprint density at radius 3 is 2.71 bits per heavy atom. The molecular formula is C13H16N2OS. The van der Waals surface area contributed by atoms with Crippen LogP contribution in [0, 0.1) is 0 Å². The van der Waals surface area contributed by atoms with E-state index >= 15 is 0 Å². The van der Waals surface area contributed by atoms with Gasteiger partial charge in [-0.3, -0.25) is 4.79 Å². The van der Waals surface area contributed by atoms with Crippen molar-refractivity contribution in [3.63, 3.8) is 0 Å². The SMILES string of the molecule is C=C/C=c1/c(CCNC(=O)S)c[nH]/c1=C/C=C. The number of carbonyl (C=O) groups excluding carboxylic acids is 1. The second-order valence-corrected chi connectivity index (χ2v) is 3.83. The van der Waals surface area contributed by atoms with Crippen LogP contribution in [-0.4, -0.2) is 16.8 Å². The van der Waals surface area contributed by atoms with Crippen LogP contribution in [0.3, 0.4) is 0 Å². The van der Waals surface area contributed by atoms with Crippen LogP contribution in [0.5, 0.6) is 0 Å². The zero-order valence-electron chi connectivity index (χ0n) is 9.57. The molecule has 3 nitrogen and oxygen atoms in total. The van der Waals surface area contributed by atoms with E-state index in [0.29, 0.717) is 6.54 Å². The van der Waals surface area contributed by atoms with Crippen molar-refractivity contribution in [2.24, 2.45) is 0 Å². The Labute approximate surface area is 106 Å². The Kier molecular flexibility index (Phi) is 5.36. The summed E-state index contributed by atoms with van der Waals surface area (Å²) < 4.78 is 0. The first-order chi connectivity index (χ1) is 8.19. The van der Waals surface area contributed by atoms with Gasteiger partial charge in [-0.15, -0.1) is 0 Å². The molecule has 1 amide bonds. The molecule has 0 saturated carbocycles. The first-order valence-corrected chi connectivity index (χ1v) is 5.72. The molecule has 0 aliphatic carbocycles. The molecule has 0 bridgehead atoms. The average molecular weight is 248 g/mol. The molecule has 0 aliphatic rings. The molecule has 1 heterocycles. The quantitative estimate of drug-likeness (QED) is 0.672. The lowest BCUT2D eigenvalue weighted by atomic mass is 10.2. The van der Waals surface area contributed by atoms with E-state index in [1.54, 1.807) is 12.2 Å². The maximum atomic E-state index is 10.7. The van der Waals surface area contributed by atoms with E-state index in [1.165, 1.54) is 0 Å². The monoisotopic (exact) mass is 248 g/mol. The van der Waals surface area contributed by atoms with Gasteiger partial charge >= 0.3 is 0 Å². The van der Waals surface area contributed by atoms with Gasteiger partial charge in [-0.2, -0.15) is 0 Å². The van der Waals surface area contributed by atoms with Crippen LogP contribution in [0.25, 0.3) is 12.2 Å². The van der Waals surface area contributed by atoms with Gasteiger partial charge in [-0.25, -0.2) is 0 Å². The third kappa shape index (κ3) is 4.00. The number of carbonyl (C=O) groups is 1. The van der Waals surface area contributed by atoms with Crippen molar-refractivity contribution in [1.29, 1.82) is 0 Å². The van der Waals surface area contributed by atoms with Gasteiger partial charge in [0.2, 0.25) is 0 Å². The minimum atomic E-state index is -0.312. The van der Waals surface area contributed by atoms with Gasteiger partial charge in [0.1, 0.15) is 0 Å². The molecule has 0 spiro atoms. The molecule has 0 aliphatic heterocycles. The number of H-pyrrole nitrogens is 1. The highest BCUT2D eigenvalue weighted by Gasteiger charge is 1.99. The maximum absolute atomic E-state index is 10.7. The molecule has 0 saturated heterocycles. The molecule has 1 aromatic heterocycles. The van der Waals surface area contributed by atoms with Crippen molar-refractivity contribution in [3.8, 4) is 0 Å². The molecule has 90 valence electrons. The average Bonchev–Trinajstić information content (AvgIpc) is 2.63. The number of nitrogens with one attached hydrogen (secondary N) is 2. The minimum Gasteiger partial charge on any atom is -0.361 e. The molecule has 0 aromatic carbocycles. The van der Waals surface area contributed by atoms with E-state index in [4.69, 9.17) is 0 Å². The molecule has 0 fully saturated rings. The van der Waals surface area contributed by atoms with Crippen LogP contribution in [-0.2, 0) is 6.42 Å². The van der Waals surface area contributed by atoms with Gasteiger partial charge in [-0.05, 0) is 18.1 Å². The summed E-state index contributed by atoms with van der Waals surface area (Å²) in [7, 11) is 0. The number of aromatic amines is 1. The molecule has 17 heavy (non-hydrogen) atoms. The summed E-state index contributed by atoms with van der Waals surface area (Å²) in [5.74, 6) is 0. The predicted octanol–water partition coefficient (Wildman–Crippen LogP) is 1.13. The van der Waals surface area contributed by atoms with Crippen LogP contribution < -0.4 is 15.9 Å². The van der Waals surface area contributed by atoms with Crippen LogP contribution >= 0.6 is 12.6 Å². The number of aromatic nitrogens is 1. The van der Waals surface area contributed by atoms with E-state index in [2.05, 4.69) is 36.1 Å². The fourth-order valence-electron chi connectivity index (χ4n) is 1.57. The summed E-state index contributed by atoms with van der Waals surface area (Å²) in [6.07, 6.45) is 9.97. The summed E-state index contributed by atoms with van der Waals surface area (Å²) in [4.78, 5) is 13.8. The fourth-order valence-corrected chi connectivity index (χ4v) is 1.69. The standard InChI is InChI=1S/C13H16N2OS/c1-3-5-11-10(7-8-14-13(16)17)9-15-12(11)6-4-2/h3-6,9,15H,1-2,7-8H2,(H2,14,16,17)/b11-5-,12-6+. The van der Waals surface area contributed by atoms with Crippen molar-refractivity contribution in [2.75, 3.05) is 6.54 Å². The Bertz CT molecular complexity index is 528. The smallest absolute Gasteiger partial charge is 0.275 e. The van der Waals surface area contributed by atoms with Crippen molar-refractivity contribution >= 4 is 30.0 Å². The Balaban J connectivity index is 2.97. The molecular weight excluding hydrogens is 232 g/mol. The second kappa shape index (κ2) is 6.81. The van der Waals surface area contributed by atoms with E-state index in [1.807, 2.05) is 18.3 Å². The van der Waals surface area contributed by atoms with E-state index in [0.717, 1.165) is 22.6 Å². The van der Waals surface area contributed by atoms with Crippen LogP contribution in [0.4, 0.5) is 4.79 Å². The van der Waals surface area contributed by atoms with E-state index in [9.17, 15) is 4.79 Å². The largest absolute Gasteiger partial charge is 0.361 e. The van der Waals surface area contributed by atoms with E-state index in [-0.39, 0.29) is 5.24 Å². The van der Waals surface area contributed by atoms with Crippen molar-refractivity contribution in [3.05, 3.63) is 47.6 Å². The van der Waals surface area contributed by atoms with Gasteiger partial charge in [0, 0.05) is 23.3 Å². The van der Waals surface area contributed by atoms with Gasteiger partial charge in [-0.1, -0.05) is 44.0 Å². The molecule has 1 aromatic rings. The van der Waals surface area contributed by atoms with Crippen molar-refractivity contribution in [1.82, 2.24) is 10.3 Å². The summed E-state index contributed by atoms with van der Waals surface area (Å²) in [5.41, 5.74) is 1.13. The van der Waals surface area contributed by atoms with Crippen LogP contribution in [0.1, 0.15) is 5.56 Å². The third-order valence-electron chi connectivity index (χ3n) is 2.28. The summed E-state index contributed by atoms with van der Waals surface area (Å²) in [6.45, 7) is 7.93. The fraction of sp³-hybridized carbons (Fsp3) is 0.154. The van der Waals surface area contributed by atoms with Gasteiger partial charge in [0.15, 0.2) is 0 Å². The van der Waals surface area contributed by atoms with Crippen LogP contribution in [0.15, 0.2) is 31.5 Å². The molecule has 0 radical (unpaired) electrons. The zero-order chi connectivity index (χ0) is 12.7. The summed E-state index contributed by atoms with van der Waals surface area (Å²) in [6, 6.07) is 0. The van der Waals surface area contributed by atoms with Gasteiger partial charge in [0.05, 0.1) is 0 Å². The summed E-state index contributed by atoms with van der Waals surface area (Å²) in [5, 5.41) is 4.40. The number of allylic oxidation sites excluding steroid dienone is 2. The predicted molar refractivity (Wildman–Crippen MR) is 75.5 cm³/mol. The lowest BCUT2D eigenvalue weighted by Gasteiger charge is -1.99. The second-order valence-electron chi connectivity index (χ2n) is 3.43.